The lowest BCUT2D eigenvalue weighted by atomic mass is 9.77. The third-order valence-corrected chi connectivity index (χ3v) is 11.7. The number of carbonyl (C=O) groups is 10. The molecule has 4 heterocycles. The molecule has 0 saturated carbocycles. The Labute approximate surface area is 409 Å². The summed E-state index contributed by atoms with van der Waals surface area (Å²) in [5, 5.41) is 8.75. The monoisotopic (exact) mass is 975 g/mol. The fourth-order valence-corrected chi connectivity index (χ4v) is 8.10. The molecule has 0 aromatic heterocycles. The Hall–Kier alpha value is -7.93. The lowest BCUT2D eigenvalue weighted by Crippen LogP contribution is -2.89. The second kappa shape index (κ2) is 25.6. The Bertz CT molecular complexity index is 2540. The molecule has 2 unspecified atom stereocenters. The van der Waals surface area contributed by atoms with E-state index in [0.29, 0.717) is 31.6 Å². The fraction of sp³-hybridized carbons (Fsp3) is 0.380. The van der Waals surface area contributed by atoms with Gasteiger partial charge in [-0.15, -0.1) is 0 Å². The number of likely N-dealkylation sites (tertiary alicyclic amines) is 1. The predicted molar refractivity (Wildman–Crippen MR) is 251 cm³/mol. The second-order valence-corrected chi connectivity index (χ2v) is 16.5. The van der Waals surface area contributed by atoms with Crippen molar-refractivity contribution in [3.63, 3.8) is 0 Å². The van der Waals surface area contributed by atoms with Gasteiger partial charge in [0, 0.05) is 112 Å². The van der Waals surface area contributed by atoms with Crippen LogP contribution >= 0.6 is 0 Å². The summed E-state index contributed by atoms with van der Waals surface area (Å²) in [6.07, 6.45) is 7.15. The van der Waals surface area contributed by atoms with E-state index in [1.165, 1.54) is 17.1 Å². The molecule has 2 aromatic rings. The molecule has 9 amide bonds. The van der Waals surface area contributed by atoms with Crippen LogP contribution in [0.5, 0.6) is 0 Å². The number of nitrogens with one attached hydrogen (secondary N) is 4. The first kappa shape index (κ1) is 52.4. The number of carbonyl (C=O) groups excluding carboxylic acids is 10. The Morgan fingerprint density at radius 1 is 0.704 bits per heavy atom. The number of amides is 9. The van der Waals surface area contributed by atoms with Gasteiger partial charge < -0.3 is 35.0 Å². The highest BCUT2D eigenvalue weighted by molar-refractivity contribution is 6.14. The number of hydrogen-bond acceptors (Lipinski definition) is 14. The van der Waals surface area contributed by atoms with Crippen LogP contribution in [-0.2, 0) is 63.8 Å². The van der Waals surface area contributed by atoms with Crippen molar-refractivity contribution in [2.75, 3.05) is 85.8 Å². The van der Waals surface area contributed by atoms with E-state index in [4.69, 9.17) is 14.2 Å². The number of alkyl carbamates (subject to hydrolysis) is 1. The van der Waals surface area contributed by atoms with Crippen molar-refractivity contribution in [3.05, 3.63) is 107 Å². The number of hydrogen-bond donors (Lipinski definition) is 4. The summed E-state index contributed by atoms with van der Waals surface area (Å²) in [6.45, 7) is 2.30. The number of aldehydes is 1. The topological polar surface area (TPSA) is 261 Å². The summed E-state index contributed by atoms with van der Waals surface area (Å²) in [5.41, 5.74) is 2.83. The van der Waals surface area contributed by atoms with Crippen LogP contribution in [0.4, 0.5) is 4.79 Å². The lowest BCUT2D eigenvalue weighted by molar-refractivity contribution is -0.475. The zero-order chi connectivity index (χ0) is 50.8. The van der Waals surface area contributed by atoms with Crippen LogP contribution in [0, 0.1) is 17.3 Å². The molecule has 2 atom stereocenters. The Morgan fingerprint density at radius 2 is 1.27 bits per heavy atom. The molecule has 5 aliphatic rings. The SMILES string of the molecule is CNCC1(CNC(=O)CCN2C(=O)C=CC2=O)CN(C(=O)CCN2C(=O)C=CC2=O)C1=[NH+]CCOCCOCCNC(=O)OC1Cc2ccccc2C#Cc2ccccc21.O=CCCN1C(=O)C=CC1=O. The molecule has 21 heteroatoms. The van der Waals surface area contributed by atoms with Crippen LogP contribution in [0.2, 0.25) is 0 Å². The zero-order valence-electron chi connectivity index (χ0n) is 39.1. The first-order valence-corrected chi connectivity index (χ1v) is 23.0. The van der Waals surface area contributed by atoms with Gasteiger partial charge >= 0.3 is 12.0 Å². The van der Waals surface area contributed by atoms with Gasteiger partial charge in [0.2, 0.25) is 5.91 Å². The minimum absolute atomic E-state index is 0.0656. The van der Waals surface area contributed by atoms with E-state index in [-0.39, 0.29) is 109 Å². The molecule has 7 rings (SSSR count). The number of benzene rings is 2. The molecule has 4 aliphatic heterocycles. The van der Waals surface area contributed by atoms with Crippen LogP contribution in [0.1, 0.15) is 47.6 Å². The standard InChI is InChI=1S/C43H47N7O10.C7H7NO3/c1-44-27-43(28-47-35(51)16-20-48-36(52)12-13-37(48)53)29-50(40(56)17-21-49-38(54)14-15-39(49)55)41(43)45-18-22-58-24-25-59-23-19-46-42(57)60-34-26-32-8-3-2-6-30(32)10-11-31-7-4-5-9-33(31)34;9-5-1-4-8-6(10)2-3-7(8)11/h2-9,12-15,34,44H,16-29H2,1H3,(H,46,57)(H,47,51);2-3,5H,1,4H2/p+1. The van der Waals surface area contributed by atoms with Gasteiger partial charge in [0.05, 0.1) is 32.8 Å². The van der Waals surface area contributed by atoms with Crippen molar-refractivity contribution in [3.8, 4) is 11.8 Å². The number of imide groups is 3. The Balaban J connectivity index is 0.000000661. The average Bonchev–Trinajstić information content (AvgIpc) is 3.98. The number of fused-ring (bicyclic) bond motifs is 2. The van der Waals surface area contributed by atoms with Gasteiger partial charge in [-0.2, -0.15) is 4.90 Å². The summed E-state index contributed by atoms with van der Waals surface area (Å²) in [7, 11) is 1.75. The van der Waals surface area contributed by atoms with Gasteiger partial charge in [0.1, 0.15) is 30.9 Å². The van der Waals surface area contributed by atoms with E-state index in [2.05, 4.69) is 32.8 Å². The normalized spacial score (nSPS) is 19.1. The van der Waals surface area contributed by atoms with Crippen LogP contribution in [-0.4, -0.2) is 171 Å². The molecule has 0 radical (unpaired) electrons. The first-order valence-electron chi connectivity index (χ1n) is 23.0. The zero-order valence-corrected chi connectivity index (χ0v) is 39.1. The third-order valence-electron chi connectivity index (χ3n) is 11.7. The van der Waals surface area contributed by atoms with E-state index in [1.54, 1.807) is 7.05 Å². The molecule has 372 valence electrons. The van der Waals surface area contributed by atoms with Crippen LogP contribution in [0.3, 0.4) is 0 Å². The summed E-state index contributed by atoms with van der Waals surface area (Å²) < 4.78 is 17.3. The van der Waals surface area contributed by atoms with Gasteiger partial charge in [-0.05, 0) is 24.7 Å². The molecular weight excluding hydrogens is 921 g/mol. The summed E-state index contributed by atoms with van der Waals surface area (Å²) >= 11 is 0. The Kier molecular flexibility index (Phi) is 18.9. The largest absolute Gasteiger partial charge is 0.441 e. The van der Waals surface area contributed by atoms with Crippen LogP contribution in [0.25, 0.3) is 0 Å². The minimum Gasteiger partial charge on any atom is -0.441 e. The molecule has 4 N–H and O–H groups in total. The van der Waals surface area contributed by atoms with Crippen molar-refractivity contribution in [1.29, 1.82) is 0 Å². The highest BCUT2D eigenvalue weighted by Crippen LogP contribution is 2.31. The maximum Gasteiger partial charge on any atom is 0.407 e. The third kappa shape index (κ3) is 14.1. The molecule has 71 heavy (non-hydrogen) atoms. The second-order valence-electron chi connectivity index (χ2n) is 16.5. The summed E-state index contributed by atoms with van der Waals surface area (Å²) in [4.78, 5) is 126. The fourth-order valence-electron chi connectivity index (χ4n) is 8.10. The van der Waals surface area contributed by atoms with E-state index >= 15 is 0 Å². The molecule has 1 fully saturated rings. The van der Waals surface area contributed by atoms with Crippen molar-refractivity contribution in [2.45, 2.75) is 31.8 Å². The van der Waals surface area contributed by atoms with Crippen molar-refractivity contribution in [1.82, 2.24) is 35.6 Å². The first-order chi connectivity index (χ1) is 34.3. The van der Waals surface area contributed by atoms with E-state index in [1.807, 2.05) is 48.5 Å². The van der Waals surface area contributed by atoms with Crippen LogP contribution in [0.15, 0.2) is 85.0 Å². The molecule has 2 aromatic carbocycles. The minimum atomic E-state index is -0.726. The van der Waals surface area contributed by atoms with Gasteiger partial charge in [-0.1, -0.05) is 48.2 Å². The van der Waals surface area contributed by atoms with Gasteiger partial charge in [-0.3, -0.25) is 53.3 Å². The molecule has 0 bridgehead atoms. The van der Waals surface area contributed by atoms with E-state index < -0.39 is 41.2 Å². The molecular formula is C50H55N8O13+. The number of rotatable bonds is 23. The average molecular weight is 976 g/mol. The van der Waals surface area contributed by atoms with Gasteiger partial charge in [0.25, 0.3) is 41.3 Å². The van der Waals surface area contributed by atoms with Crippen LogP contribution < -0.4 is 20.9 Å². The Morgan fingerprint density at radius 3 is 1.90 bits per heavy atom. The number of nitrogens with zero attached hydrogens (tertiary/aromatic N) is 4. The van der Waals surface area contributed by atoms with Crippen molar-refractivity contribution >= 4 is 65.5 Å². The van der Waals surface area contributed by atoms with Gasteiger partial charge in [0.15, 0.2) is 0 Å². The van der Waals surface area contributed by atoms with Crippen molar-refractivity contribution < 1.29 is 67.1 Å². The highest BCUT2D eigenvalue weighted by Gasteiger charge is 2.59. The quantitative estimate of drug-likeness (QED) is 0.0416. The number of ether oxygens (including phenoxy) is 3. The molecule has 1 saturated heterocycles. The highest BCUT2D eigenvalue weighted by atomic mass is 16.6. The molecule has 1 aliphatic carbocycles. The number of amidine groups is 1. The molecule has 0 spiro atoms. The predicted octanol–water partition coefficient (Wildman–Crippen LogP) is -1.78. The maximum atomic E-state index is 13.4. The van der Waals surface area contributed by atoms with Crippen molar-refractivity contribution in [2.24, 2.45) is 5.41 Å². The van der Waals surface area contributed by atoms with E-state index in [9.17, 15) is 47.9 Å². The summed E-state index contributed by atoms with van der Waals surface area (Å²) in [6, 6.07) is 15.4. The molecule has 21 nitrogen and oxygen atoms in total. The van der Waals surface area contributed by atoms with E-state index in [0.717, 1.165) is 61.3 Å². The maximum absolute atomic E-state index is 13.4. The van der Waals surface area contributed by atoms with Gasteiger partial charge in [-0.25, -0.2) is 9.59 Å². The lowest BCUT2D eigenvalue weighted by Gasteiger charge is -2.44. The summed E-state index contributed by atoms with van der Waals surface area (Å²) in [5.74, 6) is 3.69. The smallest absolute Gasteiger partial charge is 0.407 e.